The van der Waals surface area contributed by atoms with Crippen LogP contribution in [0.5, 0.6) is 11.5 Å². The van der Waals surface area contributed by atoms with Crippen molar-refractivity contribution in [1.82, 2.24) is 16.0 Å². The van der Waals surface area contributed by atoms with Crippen LogP contribution in [-0.2, 0) is 32.0 Å². The van der Waals surface area contributed by atoms with Gasteiger partial charge in [0.2, 0.25) is 17.7 Å². The van der Waals surface area contributed by atoms with Gasteiger partial charge in [-0.2, -0.15) is 0 Å². The lowest BCUT2D eigenvalue weighted by molar-refractivity contribution is -0.143. The number of aliphatic hydroxyl groups is 1. The third-order valence-electron chi connectivity index (χ3n) is 6.97. The van der Waals surface area contributed by atoms with Crippen molar-refractivity contribution < 1.29 is 39.6 Å². The van der Waals surface area contributed by atoms with Gasteiger partial charge in [0, 0.05) is 25.8 Å². The first-order valence-electron chi connectivity index (χ1n) is 13.2. The molecule has 2 aromatic carbocycles. The summed E-state index contributed by atoms with van der Waals surface area (Å²) in [6, 6.07) is 4.15. The second-order valence-corrected chi connectivity index (χ2v) is 10.5. The molecule has 3 amide bonds. The quantitative estimate of drug-likeness (QED) is 0.198. The molecule has 4 bridgehead atoms. The highest BCUT2D eigenvalue weighted by atomic mass is 16.4. The molecule has 1 unspecified atom stereocenters. The maximum absolute atomic E-state index is 13.4. The fourth-order valence-corrected chi connectivity index (χ4v) is 4.53. The number of hydrogen-bond donors (Lipinski definition) is 9. The van der Waals surface area contributed by atoms with Crippen molar-refractivity contribution in [3.05, 3.63) is 47.5 Å². The predicted octanol–water partition coefficient (Wildman–Crippen LogP) is -0.905. The molecule has 222 valence electrons. The van der Waals surface area contributed by atoms with Crippen molar-refractivity contribution in [2.45, 2.75) is 63.4 Å². The zero-order valence-corrected chi connectivity index (χ0v) is 22.8. The van der Waals surface area contributed by atoms with E-state index in [1.165, 1.54) is 12.1 Å². The van der Waals surface area contributed by atoms with Gasteiger partial charge in [0.15, 0.2) is 0 Å². The van der Waals surface area contributed by atoms with Crippen molar-refractivity contribution in [3.8, 4) is 22.6 Å². The number of amides is 3. The molecule has 0 aromatic heterocycles. The molecular formula is C28H37N5O8. The largest absolute Gasteiger partial charge is 0.508 e. The Labute approximate surface area is 236 Å². The van der Waals surface area contributed by atoms with Gasteiger partial charge in [0.25, 0.3) is 0 Å². The van der Waals surface area contributed by atoms with E-state index < -0.39 is 59.9 Å². The summed E-state index contributed by atoms with van der Waals surface area (Å²) < 4.78 is 0. The molecule has 0 fully saturated rings. The predicted molar refractivity (Wildman–Crippen MR) is 149 cm³/mol. The van der Waals surface area contributed by atoms with Crippen LogP contribution in [-0.4, -0.2) is 80.9 Å². The number of aliphatic hydroxyl groups excluding tert-OH is 1. The van der Waals surface area contributed by atoms with Gasteiger partial charge in [-0.1, -0.05) is 26.0 Å². The number of phenolic OH excluding ortho intramolecular Hbond substituents is 2. The molecule has 1 heterocycles. The maximum atomic E-state index is 13.4. The average Bonchev–Trinajstić information content (AvgIpc) is 2.92. The van der Waals surface area contributed by atoms with Crippen molar-refractivity contribution in [1.29, 1.82) is 0 Å². The molecule has 2 aromatic rings. The monoisotopic (exact) mass is 571 g/mol. The molecule has 0 saturated heterocycles. The Morgan fingerprint density at radius 2 is 1.54 bits per heavy atom. The Morgan fingerprint density at radius 1 is 0.976 bits per heavy atom. The SMILES string of the molecule is CC(C)C(NC(=O)[C@@H]1Cc2cc(ccc2O)-c2ccc(O)c(c2)C[C@H](N)C(=O)N[C@@H](C[C@@H](O)CN)C(=O)N1)C(=O)O. The van der Waals surface area contributed by atoms with E-state index in [9.17, 15) is 39.6 Å². The molecule has 11 N–H and O–H groups in total. The Hall–Kier alpha value is -4.20. The number of hydrogen-bond acceptors (Lipinski definition) is 9. The van der Waals surface area contributed by atoms with Gasteiger partial charge in [-0.3, -0.25) is 14.4 Å². The highest BCUT2D eigenvalue weighted by Gasteiger charge is 2.33. The Balaban J connectivity index is 2.12. The van der Waals surface area contributed by atoms with E-state index in [0.29, 0.717) is 16.7 Å². The molecule has 0 spiro atoms. The first-order valence-corrected chi connectivity index (χ1v) is 13.2. The standard InChI is InChI=1S/C28H37N5O8/c1-13(2)24(28(40)41)33-27(39)20-10-17-8-15(4-6-23(17)36)14-3-5-22(35)16(7-14)9-19(30)25(37)31-21(26(38)32-20)11-18(34)12-29/h3-8,13,18-21,24,34-36H,9-12,29-30H2,1-2H3,(H,31,37)(H,32,38)(H,33,39)(H,40,41)/t18-,19+,20+,21+,24?/m1/s1. The van der Waals surface area contributed by atoms with Crippen LogP contribution in [0.2, 0.25) is 0 Å². The van der Waals surface area contributed by atoms with E-state index in [-0.39, 0.29) is 42.9 Å². The summed E-state index contributed by atoms with van der Waals surface area (Å²) in [5.74, 6) is -4.46. The Kier molecular flexibility index (Phi) is 10.3. The van der Waals surface area contributed by atoms with Gasteiger partial charge in [0.1, 0.15) is 29.6 Å². The summed E-state index contributed by atoms with van der Waals surface area (Å²) in [5.41, 5.74) is 13.5. The minimum absolute atomic E-state index is 0.0823. The number of carboxylic acid groups (broad SMARTS) is 1. The van der Waals surface area contributed by atoms with Crippen LogP contribution in [0.3, 0.4) is 0 Å². The highest BCUT2D eigenvalue weighted by Crippen LogP contribution is 2.31. The zero-order chi connectivity index (χ0) is 30.4. The normalized spacial score (nSPS) is 21.1. The summed E-state index contributed by atoms with van der Waals surface area (Å²) >= 11 is 0. The third-order valence-corrected chi connectivity index (χ3v) is 6.97. The Bertz CT molecular complexity index is 1300. The van der Waals surface area contributed by atoms with Gasteiger partial charge < -0.3 is 47.8 Å². The molecule has 0 radical (unpaired) electrons. The number of carboxylic acids is 1. The smallest absolute Gasteiger partial charge is 0.326 e. The van der Waals surface area contributed by atoms with Crippen molar-refractivity contribution in [3.63, 3.8) is 0 Å². The number of fused-ring (bicyclic) bond motifs is 5. The second kappa shape index (κ2) is 13.4. The van der Waals surface area contributed by atoms with E-state index in [1.54, 1.807) is 38.1 Å². The zero-order valence-electron chi connectivity index (χ0n) is 22.8. The van der Waals surface area contributed by atoms with E-state index >= 15 is 0 Å². The number of carbonyl (C=O) groups excluding carboxylic acids is 3. The maximum Gasteiger partial charge on any atom is 0.326 e. The molecule has 1 aliphatic heterocycles. The molecular weight excluding hydrogens is 534 g/mol. The molecule has 41 heavy (non-hydrogen) atoms. The summed E-state index contributed by atoms with van der Waals surface area (Å²) in [6.45, 7) is 3.00. The van der Waals surface area contributed by atoms with Crippen LogP contribution in [0.25, 0.3) is 11.1 Å². The lowest BCUT2D eigenvalue weighted by Gasteiger charge is -2.27. The Morgan fingerprint density at radius 3 is 2.05 bits per heavy atom. The number of nitrogens with one attached hydrogen (secondary N) is 3. The lowest BCUT2D eigenvalue weighted by atomic mass is 9.95. The summed E-state index contributed by atoms with van der Waals surface area (Å²) in [5, 5.41) is 48.2. The van der Waals surface area contributed by atoms with Gasteiger partial charge in [-0.05, 0) is 52.4 Å². The number of rotatable bonds is 7. The van der Waals surface area contributed by atoms with Crippen LogP contribution >= 0.6 is 0 Å². The fraction of sp³-hybridized carbons (Fsp3) is 0.429. The van der Waals surface area contributed by atoms with Crippen molar-refractivity contribution in [2.75, 3.05) is 6.54 Å². The molecule has 0 aliphatic carbocycles. The number of benzene rings is 2. The molecule has 13 nitrogen and oxygen atoms in total. The molecule has 13 heteroatoms. The van der Waals surface area contributed by atoms with E-state index in [2.05, 4.69) is 16.0 Å². The van der Waals surface area contributed by atoms with Gasteiger partial charge in [0.05, 0.1) is 12.1 Å². The topological polar surface area (TPSA) is 237 Å². The molecule has 5 atom stereocenters. The van der Waals surface area contributed by atoms with Crippen molar-refractivity contribution >= 4 is 23.7 Å². The molecule has 0 saturated carbocycles. The third kappa shape index (κ3) is 7.93. The summed E-state index contributed by atoms with van der Waals surface area (Å²) in [4.78, 5) is 51.5. The molecule has 3 rings (SSSR count). The number of carbonyl (C=O) groups is 4. The number of phenols is 2. The van der Waals surface area contributed by atoms with E-state index in [0.717, 1.165) is 0 Å². The first kappa shape index (κ1) is 31.3. The van der Waals surface area contributed by atoms with Gasteiger partial charge >= 0.3 is 5.97 Å². The summed E-state index contributed by atoms with van der Waals surface area (Å²) in [7, 11) is 0. The molecule has 1 aliphatic rings. The number of nitrogens with two attached hydrogens (primary N) is 2. The lowest BCUT2D eigenvalue weighted by Crippen LogP contribution is -2.59. The highest BCUT2D eigenvalue weighted by molar-refractivity contribution is 5.94. The van der Waals surface area contributed by atoms with Gasteiger partial charge in [-0.15, -0.1) is 0 Å². The first-order chi connectivity index (χ1) is 19.3. The average molecular weight is 572 g/mol. The van der Waals surface area contributed by atoms with E-state index in [4.69, 9.17) is 11.5 Å². The van der Waals surface area contributed by atoms with Crippen LogP contribution in [0.1, 0.15) is 31.4 Å². The van der Waals surface area contributed by atoms with Crippen LogP contribution < -0.4 is 27.4 Å². The second-order valence-electron chi connectivity index (χ2n) is 10.5. The van der Waals surface area contributed by atoms with Crippen LogP contribution in [0, 0.1) is 5.92 Å². The number of aliphatic carboxylic acids is 1. The van der Waals surface area contributed by atoms with E-state index in [1.807, 2.05) is 0 Å². The van der Waals surface area contributed by atoms with Crippen LogP contribution in [0.15, 0.2) is 36.4 Å². The summed E-state index contributed by atoms with van der Waals surface area (Å²) in [6.07, 6.45) is -1.82. The van der Waals surface area contributed by atoms with Crippen LogP contribution in [0.4, 0.5) is 0 Å². The fourth-order valence-electron chi connectivity index (χ4n) is 4.53. The van der Waals surface area contributed by atoms with Gasteiger partial charge in [-0.25, -0.2) is 4.79 Å². The number of aromatic hydroxyl groups is 2. The van der Waals surface area contributed by atoms with Crippen molar-refractivity contribution in [2.24, 2.45) is 17.4 Å². The minimum atomic E-state index is -1.38. The minimum Gasteiger partial charge on any atom is -0.508 e.